The summed E-state index contributed by atoms with van der Waals surface area (Å²) in [4.78, 5) is 21.7. The van der Waals surface area contributed by atoms with Gasteiger partial charge in [0.2, 0.25) is 0 Å². The van der Waals surface area contributed by atoms with E-state index in [0.29, 0.717) is 25.4 Å². The van der Waals surface area contributed by atoms with E-state index in [1.54, 1.807) is 11.1 Å². The normalized spacial score (nSPS) is 20.8. The number of hydrogen-bond acceptors (Lipinski definition) is 4. The maximum atomic E-state index is 12.0. The van der Waals surface area contributed by atoms with Crippen LogP contribution >= 0.6 is 0 Å². The smallest absolute Gasteiger partial charge is 0.274 e. The molecule has 5 heteroatoms. The molecule has 1 aromatic heterocycles. The minimum Gasteiger partial charge on any atom is -0.375 e. The van der Waals surface area contributed by atoms with Gasteiger partial charge in [-0.25, -0.2) is 4.98 Å². The van der Waals surface area contributed by atoms with E-state index in [-0.39, 0.29) is 12.0 Å². The number of carbonyl (C=O) groups is 1. The Morgan fingerprint density at radius 3 is 3.19 bits per heavy atom. The van der Waals surface area contributed by atoms with Crippen LogP contribution in [-0.2, 0) is 4.74 Å². The molecule has 1 amide bonds. The number of ether oxygens (including phenoxy) is 1. The Morgan fingerprint density at radius 2 is 2.50 bits per heavy atom. The van der Waals surface area contributed by atoms with E-state index >= 15 is 0 Å². The van der Waals surface area contributed by atoms with Gasteiger partial charge in [-0.15, -0.1) is 0 Å². The molecule has 0 unspecified atom stereocenters. The Kier molecular flexibility index (Phi) is 3.46. The van der Waals surface area contributed by atoms with Crippen molar-refractivity contribution in [3.63, 3.8) is 0 Å². The Balaban J connectivity index is 2.05. The van der Waals surface area contributed by atoms with E-state index in [0.717, 1.165) is 6.42 Å². The van der Waals surface area contributed by atoms with Crippen molar-refractivity contribution in [3.05, 3.63) is 24.3 Å². The van der Waals surface area contributed by atoms with Crippen molar-refractivity contribution in [1.29, 1.82) is 0 Å². The average molecular weight is 221 g/mol. The van der Waals surface area contributed by atoms with E-state index in [1.165, 1.54) is 12.4 Å². The van der Waals surface area contributed by atoms with Gasteiger partial charge in [0.25, 0.3) is 5.91 Å². The van der Waals surface area contributed by atoms with Crippen LogP contribution in [0.15, 0.2) is 18.6 Å². The molecule has 0 bridgehead atoms. The third-order valence-corrected chi connectivity index (χ3v) is 2.66. The quantitative estimate of drug-likeness (QED) is 0.738. The van der Waals surface area contributed by atoms with E-state index in [4.69, 9.17) is 4.74 Å². The van der Waals surface area contributed by atoms with Gasteiger partial charge in [-0.05, 0) is 6.42 Å². The molecule has 0 radical (unpaired) electrons. The van der Waals surface area contributed by atoms with Crippen LogP contribution in [0, 0.1) is 0 Å². The van der Waals surface area contributed by atoms with Gasteiger partial charge in [0.05, 0.1) is 18.9 Å². The molecule has 1 aliphatic heterocycles. The highest BCUT2D eigenvalue weighted by atomic mass is 16.5. The van der Waals surface area contributed by atoms with Gasteiger partial charge in [-0.2, -0.15) is 0 Å². The SMILES string of the molecule is CC[C@@H]1CN(C(=O)c2cnccn2)CCO1. The number of hydrogen-bond donors (Lipinski definition) is 0. The van der Waals surface area contributed by atoms with Crippen LogP contribution in [0.1, 0.15) is 23.8 Å². The molecule has 1 aromatic rings. The van der Waals surface area contributed by atoms with Crippen molar-refractivity contribution in [3.8, 4) is 0 Å². The second-order valence-corrected chi connectivity index (χ2v) is 3.74. The van der Waals surface area contributed by atoms with Crippen molar-refractivity contribution in [2.45, 2.75) is 19.4 Å². The summed E-state index contributed by atoms with van der Waals surface area (Å²) < 4.78 is 5.51. The molecule has 0 saturated carbocycles. The molecule has 1 fully saturated rings. The van der Waals surface area contributed by atoms with Gasteiger partial charge >= 0.3 is 0 Å². The van der Waals surface area contributed by atoms with Crippen LogP contribution < -0.4 is 0 Å². The largest absolute Gasteiger partial charge is 0.375 e. The van der Waals surface area contributed by atoms with E-state index < -0.39 is 0 Å². The Labute approximate surface area is 94.5 Å². The van der Waals surface area contributed by atoms with Crippen LogP contribution in [0.3, 0.4) is 0 Å². The molecule has 0 N–H and O–H groups in total. The lowest BCUT2D eigenvalue weighted by Gasteiger charge is -2.32. The average Bonchev–Trinajstić information content (AvgIpc) is 2.39. The minimum absolute atomic E-state index is 0.0603. The molecule has 2 rings (SSSR count). The van der Waals surface area contributed by atoms with E-state index in [9.17, 15) is 4.79 Å². The predicted octanol–water partition coefficient (Wildman–Crippen LogP) is 0.728. The van der Waals surface area contributed by atoms with Gasteiger partial charge in [-0.1, -0.05) is 6.92 Å². The Bertz CT molecular complexity index is 356. The van der Waals surface area contributed by atoms with Crippen LogP contribution in [-0.4, -0.2) is 46.6 Å². The van der Waals surface area contributed by atoms with Crippen LogP contribution in [0.5, 0.6) is 0 Å². The zero-order chi connectivity index (χ0) is 11.4. The molecule has 0 aromatic carbocycles. The van der Waals surface area contributed by atoms with Crippen LogP contribution in [0.4, 0.5) is 0 Å². The van der Waals surface area contributed by atoms with Crippen molar-refractivity contribution in [2.75, 3.05) is 19.7 Å². The Morgan fingerprint density at radius 1 is 1.62 bits per heavy atom. The van der Waals surface area contributed by atoms with Crippen molar-refractivity contribution in [1.82, 2.24) is 14.9 Å². The highest BCUT2D eigenvalue weighted by Crippen LogP contribution is 2.10. The van der Waals surface area contributed by atoms with Gasteiger partial charge < -0.3 is 9.64 Å². The summed E-state index contributed by atoms with van der Waals surface area (Å²) in [6.45, 7) is 3.93. The molecular weight excluding hydrogens is 206 g/mol. The first kappa shape index (κ1) is 11.0. The first-order valence-corrected chi connectivity index (χ1v) is 5.48. The van der Waals surface area contributed by atoms with E-state index in [2.05, 4.69) is 16.9 Å². The van der Waals surface area contributed by atoms with Crippen LogP contribution in [0.25, 0.3) is 0 Å². The molecule has 1 saturated heterocycles. The third kappa shape index (κ3) is 2.36. The van der Waals surface area contributed by atoms with Gasteiger partial charge in [0.1, 0.15) is 5.69 Å². The van der Waals surface area contributed by atoms with Crippen molar-refractivity contribution >= 4 is 5.91 Å². The second kappa shape index (κ2) is 5.03. The summed E-state index contributed by atoms with van der Waals surface area (Å²) in [6, 6.07) is 0. The summed E-state index contributed by atoms with van der Waals surface area (Å²) in [6.07, 6.45) is 5.66. The molecule has 0 aliphatic carbocycles. The number of carbonyl (C=O) groups excluding carboxylic acids is 1. The first-order chi connectivity index (χ1) is 7.81. The topological polar surface area (TPSA) is 55.3 Å². The lowest BCUT2D eigenvalue weighted by molar-refractivity contribution is -0.0228. The van der Waals surface area contributed by atoms with Crippen molar-refractivity contribution in [2.24, 2.45) is 0 Å². The van der Waals surface area contributed by atoms with Gasteiger partial charge in [0, 0.05) is 25.5 Å². The molecule has 1 atom stereocenters. The lowest BCUT2D eigenvalue weighted by Crippen LogP contribution is -2.45. The third-order valence-electron chi connectivity index (χ3n) is 2.66. The zero-order valence-electron chi connectivity index (χ0n) is 9.30. The molecule has 0 spiro atoms. The van der Waals surface area contributed by atoms with Crippen LogP contribution in [0.2, 0.25) is 0 Å². The monoisotopic (exact) mass is 221 g/mol. The fraction of sp³-hybridized carbons (Fsp3) is 0.545. The Hall–Kier alpha value is -1.49. The maximum absolute atomic E-state index is 12.0. The summed E-state index contributed by atoms with van der Waals surface area (Å²) >= 11 is 0. The number of aromatic nitrogens is 2. The highest BCUT2D eigenvalue weighted by molar-refractivity contribution is 5.92. The van der Waals surface area contributed by atoms with Gasteiger partial charge in [0.15, 0.2) is 0 Å². The lowest BCUT2D eigenvalue weighted by atomic mass is 10.2. The summed E-state index contributed by atoms with van der Waals surface area (Å²) in [7, 11) is 0. The second-order valence-electron chi connectivity index (χ2n) is 3.74. The number of morpholine rings is 1. The summed E-state index contributed by atoms with van der Waals surface area (Å²) in [5.74, 6) is -0.0603. The fourth-order valence-corrected chi connectivity index (χ4v) is 1.72. The molecule has 2 heterocycles. The molecule has 86 valence electrons. The first-order valence-electron chi connectivity index (χ1n) is 5.48. The predicted molar refractivity (Wildman–Crippen MR) is 58.0 cm³/mol. The zero-order valence-corrected chi connectivity index (χ0v) is 9.30. The molecule has 16 heavy (non-hydrogen) atoms. The summed E-state index contributed by atoms with van der Waals surface area (Å²) in [5.41, 5.74) is 0.402. The van der Waals surface area contributed by atoms with Crippen molar-refractivity contribution < 1.29 is 9.53 Å². The molecule has 1 aliphatic rings. The number of rotatable bonds is 2. The fourth-order valence-electron chi connectivity index (χ4n) is 1.72. The standard InChI is InChI=1S/C11H15N3O2/c1-2-9-8-14(5-6-16-9)11(15)10-7-12-3-4-13-10/h3-4,7,9H,2,5-6,8H2,1H3/t9-/m1/s1. The highest BCUT2D eigenvalue weighted by Gasteiger charge is 2.24. The number of amides is 1. The number of nitrogens with zero attached hydrogens (tertiary/aromatic N) is 3. The molecular formula is C11H15N3O2. The minimum atomic E-state index is -0.0603. The van der Waals surface area contributed by atoms with Gasteiger partial charge in [-0.3, -0.25) is 9.78 Å². The van der Waals surface area contributed by atoms with E-state index in [1.807, 2.05) is 0 Å². The summed E-state index contributed by atoms with van der Waals surface area (Å²) in [5, 5.41) is 0. The maximum Gasteiger partial charge on any atom is 0.274 e. The molecule has 5 nitrogen and oxygen atoms in total.